The molecule has 1 aromatic heterocycles. The average Bonchev–Trinajstić information content (AvgIpc) is 3.36. The Hall–Kier alpha value is -2.96. The number of hydrogen-bond donors (Lipinski definition) is 2. The van der Waals surface area contributed by atoms with E-state index in [1.807, 2.05) is 41.5 Å². The molecule has 1 aliphatic heterocycles. The molecule has 2 heterocycles. The first-order valence-electron chi connectivity index (χ1n) is 11.5. The van der Waals surface area contributed by atoms with Crippen molar-refractivity contribution in [3.8, 4) is 10.4 Å². The Morgan fingerprint density at radius 3 is 2.79 bits per heavy atom. The maximum atomic E-state index is 13.0. The molecule has 4 rings (SSSR count). The largest absolute Gasteiger partial charge is 0.396 e. The minimum atomic E-state index is -0.173. The predicted octanol–water partition coefficient (Wildman–Crippen LogP) is 5.38. The third-order valence-corrected chi connectivity index (χ3v) is 7.34. The molecule has 1 atom stereocenters. The number of aliphatic hydroxyl groups is 1. The van der Waals surface area contributed by atoms with Gasteiger partial charge in [-0.05, 0) is 78.1 Å². The van der Waals surface area contributed by atoms with Gasteiger partial charge in [-0.3, -0.25) is 9.59 Å². The molecular formula is C27H30N2O3S. The maximum absolute atomic E-state index is 13.0. The number of aryl methyl sites for hydroxylation is 1. The number of aliphatic hydroxyl groups excluding tert-OH is 1. The zero-order valence-electron chi connectivity index (χ0n) is 19.1. The first-order valence-corrected chi connectivity index (χ1v) is 12.4. The first-order chi connectivity index (χ1) is 16.0. The van der Waals surface area contributed by atoms with E-state index in [9.17, 15) is 14.7 Å². The summed E-state index contributed by atoms with van der Waals surface area (Å²) in [4.78, 5) is 29.1. The quantitative estimate of drug-likeness (QED) is 0.472. The van der Waals surface area contributed by atoms with Crippen molar-refractivity contribution >= 4 is 28.8 Å². The van der Waals surface area contributed by atoms with Crippen LogP contribution in [0.2, 0.25) is 0 Å². The molecule has 5 nitrogen and oxygen atoms in total. The van der Waals surface area contributed by atoms with Crippen LogP contribution >= 0.6 is 11.3 Å². The van der Waals surface area contributed by atoms with Crippen molar-refractivity contribution in [2.75, 3.05) is 25.0 Å². The summed E-state index contributed by atoms with van der Waals surface area (Å²) >= 11 is 1.67. The molecule has 0 spiro atoms. The zero-order valence-corrected chi connectivity index (χ0v) is 20.0. The van der Waals surface area contributed by atoms with Gasteiger partial charge in [-0.2, -0.15) is 0 Å². The molecule has 2 aromatic carbocycles. The molecule has 3 aromatic rings. The van der Waals surface area contributed by atoms with Crippen LogP contribution in [-0.2, 0) is 6.42 Å². The smallest absolute Gasteiger partial charge is 0.255 e. The number of benzene rings is 2. The Labute approximate surface area is 199 Å². The fourth-order valence-electron chi connectivity index (χ4n) is 4.32. The Balaban J connectivity index is 1.49. The highest BCUT2D eigenvalue weighted by molar-refractivity contribution is 7.13. The number of carbonyl (C=O) groups is 2. The molecule has 0 saturated heterocycles. The van der Waals surface area contributed by atoms with Gasteiger partial charge >= 0.3 is 0 Å². The topological polar surface area (TPSA) is 69.6 Å². The third-order valence-electron chi connectivity index (χ3n) is 6.42. The molecule has 0 radical (unpaired) electrons. The Bertz CT molecular complexity index is 1140. The second-order valence-corrected chi connectivity index (χ2v) is 9.57. The minimum absolute atomic E-state index is 0.0130. The molecule has 1 unspecified atom stereocenters. The lowest BCUT2D eigenvalue weighted by Gasteiger charge is -2.31. The van der Waals surface area contributed by atoms with Crippen molar-refractivity contribution in [1.82, 2.24) is 4.90 Å². The molecular weight excluding hydrogens is 432 g/mol. The molecule has 2 N–H and O–H groups in total. The van der Waals surface area contributed by atoms with Crippen molar-refractivity contribution in [1.29, 1.82) is 0 Å². The van der Waals surface area contributed by atoms with E-state index in [-0.39, 0.29) is 18.4 Å². The zero-order chi connectivity index (χ0) is 23.4. The van der Waals surface area contributed by atoms with E-state index in [4.69, 9.17) is 0 Å². The van der Waals surface area contributed by atoms with Gasteiger partial charge < -0.3 is 15.3 Å². The van der Waals surface area contributed by atoms with Crippen molar-refractivity contribution in [3.63, 3.8) is 0 Å². The number of thiophene rings is 1. The van der Waals surface area contributed by atoms with Crippen LogP contribution in [-0.4, -0.2) is 41.5 Å². The van der Waals surface area contributed by atoms with Crippen LogP contribution in [0.1, 0.15) is 51.6 Å². The number of rotatable bonds is 8. The summed E-state index contributed by atoms with van der Waals surface area (Å²) in [6.07, 6.45) is 2.37. The minimum Gasteiger partial charge on any atom is -0.396 e. The fraction of sp³-hybridized carbons (Fsp3) is 0.333. The highest BCUT2D eigenvalue weighted by Gasteiger charge is 2.26. The van der Waals surface area contributed by atoms with Gasteiger partial charge in [0.2, 0.25) is 0 Å². The average molecular weight is 463 g/mol. The summed E-state index contributed by atoms with van der Waals surface area (Å²) in [6.45, 7) is 5.52. The van der Waals surface area contributed by atoms with Crippen LogP contribution in [0.25, 0.3) is 10.4 Å². The van der Waals surface area contributed by atoms with Gasteiger partial charge in [0, 0.05) is 41.4 Å². The van der Waals surface area contributed by atoms with Gasteiger partial charge in [-0.25, -0.2) is 0 Å². The van der Waals surface area contributed by atoms with Crippen molar-refractivity contribution in [2.45, 2.75) is 33.1 Å². The number of anilines is 1. The SMILES string of the molecule is CCC(CCO)CN1CCc2cc(C(=O)Nc3cc(-c4cccs4)ccc3C)ccc2C1=O. The fourth-order valence-corrected chi connectivity index (χ4v) is 5.04. The van der Waals surface area contributed by atoms with Crippen molar-refractivity contribution in [3.05, 3.63) is 76.2 Å². The molecule has 0 bridgehead atoms. The first kappa shape index (κ1) is 23.2. The van der Waals surface area contributed by atoms with Crippen LogP contribution < -0.4 is 5.32 Å². The number of fused-ring (bicyclic) bond motifs is 1. The Kier molecular flexibility index (Phi) is 7.26. The number of carbonyl (C=O) groups excluding carboxylic acids is 2. The van der Waals surface area contributed by atoms with Crippen LogP contribution in [0.5, 0.6) is 0 Å². The van der Waals surface area contributed by atoms with Crippen LogP contribution in [0.4, 0.5) is 5.69 Å². The molecule has 1 aliphatic rings. The van der Waals surface area contributed by atoms with E-state index in [1.54, 1.807) is 23.5 Å². The van der Waals surface area contributed by atoms with Crippen LogP contribution in [0.15, 0.2) is 53.9 Å². The van der Waals surface area contributed by atoms with E-state index >= 15 is 0 Å². The van der Waals surface area contributed by atoms with E-state index < -0.39 is 0 Å². The Morgan fingerprint density at radius 2 is 2.06 bits per heavy atom. The highest BCUT2D eigenvalue weighted by Crippen LogP contribution is 2.29. The summed E-state index contributed by atoms with van der Waals surface area (Å²) in [7, 11) is 0. The van der Waals surface area contributed by atoms with E-state index in [1.165, 1.54) is 0 Å². The summed E-state index contributed by atoms with van der Waals surface area (Å²) < 4.78 is 0. The predicted molar refractivity (Wildman–Crippen MR) is 134 cm³/mol. The van der Waals surface area contributed by atoms with Gasteiger partial charge in [0.1, 0.15) is 0 Å². The number of amides is 2. The summed E-state index contributed by atoms with van der Waals surface area (Å²) in [5.41, 5.74) is 5.02. The van der Waals surface area contributed by atoms with Crippen molar-refractivity contribution < 1.29 is 14.7 Å². The number of nitrogens with one attached hydrogen (secondary N) is 1. The number of hydrogen-bond acceptors (Lipinski definition) is 4. The molecule has 33 heavy (non-hydrogen) atoms. The summed E-state index contributed by atoms with van der Waals surface area (Å²) in [5, 5.41) is 14.3. The van der Waals surface area contributed by atoms with Crippen molar-refractivity contribution in [2.24, 2.45) is 5.92 Å². The standard InChI is InChI=1S/C27H30N2O3S/c1-3-19(11-13-30)17-29-12-10-20-15-22(8-9-23(20)27(29)32)26(31)28-24-16-21(7-6-18(24)2)25-5-4-14-33-25/h4-9,14-16,19,30H,3,10-13,17H2,1-2H3,(H,28,31). The maximum Gasteiger partial charge on any atom is 0.255 e. The second-order valence-electron chi connectivity index (χ2n) is 8.62. The lowest BCUT2D eigenvalue weighted by Crippen LogP contribution is -2.40. The van der Waals surface area contributed by atoms with Crippen LogP contribution in [0, 0.1) is 12.8 Å². The molecule has 6 heteroatoms. The molecule has 2 amide bonds. The number of nitrogens with zero attached hydrogens (tertiary/aromatic N) is 1. The lowest BCUT2D eigenvalue weighted by molar-refractivity contribution is 0.0698. The third kappa shape index (κ3) is 5.18. The van der Waals surface area contributed by atoms with E-state index in [2.05, 4.69) is 24.4 Å². The van der Waals surface area contributed by atoms with E-state index in [0.29, 0.717) is 36.6 Å². The van der Waals surface area contributed by atoms with E-state index in [0.717, 1.165) is 40.1 Å². The van der Waals surface area contributed by atoms with Gasteiger partial charge in [0.05, 0.1) is 0 Å². The van der Waals surface area contributed by atoms with Crippen LogP contribution in [0.3, 0.4) is 0 Å². The monoisotopic (exact) mass is 462 g/mol. The van der Waals surface area contributed by atoms with Gasteiger partial charge in [-0.1, -0.05) is 31.5 Å². The van der Waals surface area contributed by atoms with Gasteiger partial charge in [0.25, 0.3) is 11.8 Å². The Morgan fingerprint density at radius 1 is 1.21 bits per heavy atom. The molecule has 172 valence electrons. The van der Waals surface area contributed by atoms with Gasteiger partial charge in [-0.15, -0.1) is 11.3 Å². The highest BCUT2D eigenvalue weighted by atomic mass is 32.1. The normalized spacial score (nSPS) is 14.2. The lowest BCUT2D eigenvalue weighted by atomic mass is 9.94. The summed E-state index contributed by atoms with van der Waals surface area (Å²) in [6, 6.07) is 15.5. The van der Waals surface area contributed by atoms with Gasteiger partial charge in [0.15, 0.2) is 0 Å². The molecule has 0 aliphatic carbocycles. The summed E-state index contributed by atoms with van der Waals surface area (Å²) in [5.74, 6) is 0.144. The second kappa shape index (κ2) is 10.3. The molecule has 0 fully saturated rings. The molecule has 0 saturated carbocycles.